The average molecular weight is 533 g/mol. The van der Waals surface area contributed by atoms with E-state index in [-0.39, 0.29) is 5.82 Å². The molecular weight excluding hydrogens is 500 g/mol. The lowest BCUT2D eigenvalue weighted by Crippen LogP contribution is -2.04. The first kappa shape index (κ1) is 28.2. The lowest BCUT2D eigenvalue weighted by atomic mass is 9.99. The zero-order valence-electron chi connectivity index (χ0n) is 22.1. The van der Waals surface area contributed by atoms with Gasteiger partial charge in [-0.15, -0.1) is 0 Å². The number of aryl methyl sites for hydroxylation is 3. The lowest BCUT2D eigenvalue weighted by Gasteiger charge is -2.09. The third kappa shape index (κ3) is 8.10. The Hall–Kier alpha value is -3.78. The van der Waals surface area contributed by atoms with E-state index in [4.69, 9.17) is 0 Å². The van der Waals surface area contributed by atoms with Gasteiger partial charge in [-0.3, -0.25) is 0 Å². The number of alkyl halides is 2. The summed E-state index contributed by atoms with van der Waals surface area (Å²) in [6, 6.07) is 21.2. The fourth-order valence-corrected chi connectivity index (χ4v) is 4.61. The molecule has 0 bridgehead atoms. The summed E-state index contributed by atoms with van der Waals surface area (Å²) in [5, 5.41) is 1.24. The van der Waals surface area contributed by atoms with Gasteiger partial charge in [-0.2, -0.15) is 8.78 Å². The summed E-state index contributed by atoms with van der Waals surface area (Å²) in [6.07, 6.45) is 8.14. The molecule has 4 aromatic carbocycles. The Morgan fingerprint density at radius 2 is 1.41 bits per heavy atom. The summed E-state index contributed by atoms with van der Waals surface area (Å²) in [6.45, 7) is -0.868. The second-order valence-electron chi connectivity index (χ2n) is 9.73. The standard InChI is InChI=1S/C34H32F4O/c1-2-3-4-5-6-7-24-8-10-25(11-9-24)12-13-26-15-20-30-29(22-26)19-18-28(33(30)36)17-14-27-16-21-32(31(35)23-27)39-34(37)38/h8-11,15-16,18-23,34H,2-7,14,17H2,1H3. The van der Waals surface area contributed by atoms with E-state index in [1.807, 2.05) is 30.3 Å². The molecule has 0 fully saturated rings. The molecular formula is C34H32F4O. The summed E-state index contributed by atoms with van der Waals surface area (Å²) < 4.78 is 58.0. The van der Waals surface area contributed by atoms with E-state index in [0.29, 0.717) is 29.4 Å². The quantitative estimate of drug-likeness (QED) is 0.106. The highest BCUT2D eigenvalue weighted by molar-refractivity contribution is 5.85. The zero-order valence-corrected chi connectivity index (χ0v) is 22.1. The minimum absolute atomic E-state index is 0.324. The maximum atomic E-state index is 15.2. The number of benzene rings is 4. The van der Waals surface area contributed by atoms with Gasteiger partial charge in [-0.05, 0) is 84.2 Å². The third-order valence-corrected chi connectivity index (χ3v) is 6.80. The number of fused-ring (bicyclic) bond motifs is 1. The van der Waals surface area contributed by atoms with Gasteiger partial charge in [-0.25, -0.2) is 8.78 Å². The Morgan fingerprint density at radius 1 is 0.692 bits per heavy atom. The van der Waals surface area contributed by atoms with Crippen molar-refractivity contribution >= 4 is 10.8 Å². The van der Waals surface area contributed by atoms with Gasteiger partial charge in [0.25, 0.3) is 0 Å². The van der Waals surface area contributed by atoms with Gasteiger partial charge in [0.1, 0.15) is 5.82 Å². The summed E-state index contributed by atoms with van der Waals surface area (Å²) in [5.74, 6) is 4.68. The van der Waals surface area contributed by atoms with E-state index in [1.165, 1.54) is 49.8 Å². The first-order valence-electron chi connectivity index (χ1n) is 13.5. The predicted molar refractivity (Wildman–Crippen MR) is 149 cm³/mol. The van der Waals surface area contributed by atoms with Crippen LogP contribution in [0.3, 0.4) is 0 Å². The number of halogens is 4. The van der Waals surface area contributed by atoms with Gasteiger partial charge in [0, 0.05) is 16.5 Å². The number of hydrogen-bond acceptors (Lipinski definition) is 1. The number of rotatable bonds is 11. The maximum Gasteiger partial charge on any atom is 0.387 e. The molecule has 39 heavy (non-hydrogen) atoms. The van der Waals surface area contributed by atoms with Crippen LogP contribution in [0.1, 0.15) is 66.8 Å². The van der Waals surface area contributed by atoms with Crippen LogP contribution >= 0.6 is 0 Å². The Labute approximate surface area is 227 Å². The van der Waals surface area contributed by atoms with E-state index in [2.05, 4.69) is 35.6 Å². The summed E-state index contributed by atoms with van der Waals surface area (Å²) in [5.41, 5.74) is 4.14. The van der Waals surface area contributed by atoms with E-state index in [0.717, 1.165) is 29.0 Å². The van der Waals surface area contributed by atoms with Gasteiger partial charge >= 0.3 is 6.61 Å². The molecule has 0 spiro atoms. The predicted octanol–water partition coefficient (Wildman–Crippen LogP) is 9.42. The maximum absolute atomic E-state index is 15.2. The van der Waals surface area contributed by atoms with Crippen LogP contribution in [0.4, 0.5) is 17.6 Å². The highest BCUT2D eigenvalue weighted by Crippen LogP contribution is 2.25. The second-order valence-corrected chi connectivity index (χ2v) is 9.73. The normalized spacial score (nSPS) is 11.0. The topological polar surface area (TPSA) is 9.23 Å². The molecule has 0 N–H and O–H groups in total. The average Bonchev–Trinajstić information content (AvgIpc) is 2.93. The van der Waals surface area contributed by atoms with Gasteiger partial charge in [0.05, 0.1) is 0 Å². The monoisotopic (exact) mass is 532 g/mol. The molecule has 0 aromatic heterocycles. The molecule has 0 aliphatic rings. The molecule has 1 nitrogen and oxygen atoms in total. The van der Waals surface area contributed by atoms with Crippen LogP contribution in [0.25, 0.3) is 10.8 Å². The molecule has 202 valence electrons. The molecule has 0 atom stereocenters. The minimum Gasteiger partial charge on any atom is -0.432 e. The van der Waals surface area contributed by atoms with Crippen molar-refractivity contribution in [3.8, 4) is 17.6 Å². The second kappa shape index (κ2) is 13.8. The molecule has 0 aliphatic heterocycles. The van der Waals surface area contributed by atoms with Crippen LogP contribution in [0.15, 0.2) is 72.8 Å². The molecule has 0 radical (unpaired) electrons. The van der Waals surface area contributed by atoms with Crippen molar-refractivity contribution in [2.24, 2.45) is 0 Å². The molecule has 5 heteroatoms. The lowest BCUT2D eigenvalue weighted by molar-refractivity contribution is -0.0522. The van der Waals surface area contributed by atoms with Crippen LogP contribution in [-0.2, 0) is 19.3 Å². The third-order valence-electron chi connectivity index (χ3n) is 6.80. The molecule has 4 rings (SSSR count). The largest absolute Gasteiger partial charge is 0.432 e. The summed E-state index contributed by atoms with van der Waals surface area (Å²) >= 11 is 0. The van der Waals surface area contributed by atoms with Crippen LogP contribution in [0.5, 0.6) is 5.75 Å². The van der Waals surface area contributed by atoms with Crippen LogP contribution in [0, 0.1) is 23.5 Å². The molecule has 0 saturated carbocycles. The van der Waals surface area contributed by atoms with Crippen LogP contribution in [-0.4, -0.2) is 6.61 Å². The van der Waals surface area contributed by atoms with E-state index < -0.39 is 18.2 Å². The number of unbranched alkanes of at least 4 members (excludes halogenated alkanes) is 4. The number of hydrogen-bond donors (Lipinski definition) is 0. The SMILES string of the molecule is CCCCCCCc1ccc(C#Cc2ccc3c(F)c(CCc4ccc(OC(F)F)c(F)c4)ccc3c2)cc1. The van der Waals surface area contributed by atoms with Crippen molar-refractivity contribution < 1.29 is 22.3 Å². The van der Waals surface area contributed by atoms with Crippen molar-refractivity contribution in [1.29, 1.82) is 0 Å². The van der Waals surface area contributed by atoms with Gasteiger partial charge in [-0.1, -0.05) is 80.8 Å². The molecule has 0 amide bonds. The molecule has 4 aromatic rings. The van der Waals surface area contributed by atoms with Crippen molar-refractivity contribution in [1.82, 2.24) is 0 Å². The molecule has 0 unspecified atom stereocenters. The molecule has 0 aliphatic carbocycles. The highest BCUT2D eigenvalue weighted by Gasteiger charge is 2.12. The van der Waals surface area contributed by atoms with E-state index in [1.54, 1.807) is 12.1 Å². The Balaban J connectivity index is 1.38. The van der Waals surface area contributed by atoms with Gasteiger partial charge in [0.15, 0.2) is 11.6 Å². The first-order chi connectivity index (χ1) is 18.9. The summed E-state index contributed by atoms with van der Waals surface area (Å²) in [4.78, 5) is 0. The van der Waals surface area contributed by atoms with Crippen LogP contribution in [0.2, 0.25) is 0 Å². The fourth-order valence-electron chi connectivity index (χ4n) is 4.61. The summed E-state index contributed by atoms with van der Waals surface area (Å²) in [7, 11) is 0. The van der Waals surface area contributed by atoms with Gasteiger partial charge in [0.2, 0.25) is 0 Å². The highest BCUT2D eigenvalue weighted by atomic mass is 19.3. The Kier molecular flexibility index (Phi) is 10.0. The Morgan fingerprint density at radius 3 is 2.15 bits per heavy atom. The Bertz CT molecular complexity index is 1450. The smallest absolute Gasteiger partial charge is 0.387 e. The van der Waals surface area contributed by atoms with E-state index >= 15 is 4.39 Å². The molecule has 0 saturated heterocycles. The first-order valence-corrected chi connectivity index (χ1v) is 13.5. The zero-order chi connectivity index (χ0) is 27.6. The molecule has 0 heterocycles. The van der Waals surface area contributed by atoms with Gasteiger partial charge < -0.3 is 4.74 Å². The van der Waals surface area contributed by atoms with Crippen molar-refractivity contribution in [3.05, 3.63) is 112 Å². The number of ether oxygens (including phenoxy) is 1. The van der Waals surface area contributed by atoms with Crippen molar-refractivity contribution in [2.45, 2.75) is 64.9 Å². The van der Waals surface area contributed by atoms with Crippen molar-refractivity contribution in [3.63, 3.8) is 0 Å². The van der Waals surface area contributed by atoms with E-state index in [9.17, 15) is 13.2 Å². The van der Waals surface area contributed by atoms with Crippen LogP contribution < -0.4 is 4.74 Å². The van der Waals surface area contributed by atoms with Crippen molar-refractivity contribution in [2.75, 3.05) is 0 Å². The minimum atomic E-state index is -3.09. The fraction of sp³-hybridized carbons (Fsp3) is 0.294.